The first-order chi connectivity index (χ1) is 12.2. The van der Waals surface area contributed by atoms with E-state index in [-0.39, 0.29) is 5.69 Å². The normalized spacial score (nSPS) is 19.6. The molecule has 3 N–H and O–H groups in total. The number of allylic oxidation sites excluding steroid dienone is 4. The van der Waals surface area contributed by atoms with Crippen LogP contribution < -0.4 is 0 Å². The first-order valence-electron chi connectivity index (χ1n) is 7.79. The molecule has 0 aliphatic heterocycles. The summed E-state index contributed by atoms with van der Waals surface area (Å²) in [6, 6.07) is 10.0. The summed E-state index contributed by atoms with van der Waals surface area (Å²) in [5, 5.41) is 26.6. The molecule has 1 atom stereocenters. The Morgan fingerprint density at radius 3 is 2.68 bits per heavy atom. The number of aromatic amines is 2. The Bertz CT molecular complexity index is 957. The van der Waals surface area contributed by atoms with Crippen LogP contribution >= 0.6 is 0 Å². The van der Waals surface area contributed by atoms with Crippen LogP contribution in [0.5, 0.6) is 0 Å². The number of hydrogen-bond acceptors (Lipinski definition) is 4. The number of carboxylic acid groups (broad SMARTS) is 1. The van der Waals surface area contributed by atoms with Crippen molar-refractivity contribution in [3.8, 4) is 0 Å². The average molecular weight is 333 g/mol. The van der Waals surface area contributed by atoms with Crippen molar-refractivity contribution >= 4 is 11.5 Å². The summed E-state index contributed by atoms with van der Waals surface area (Å²) in [6.07, 6.45) is 10.1. The Hall–Kier alpha value is -3.48. The van der Waals surface area contributed by atoms with Crippen LogP contribution in [0, 0.1) is 0 Å². The summed E-state index contributed by atoms with van der Waals surface area (Å²) in [4.78, 5) is 11.5. The summed E-state index contributed by atoms with van der Waals surface area (Å²) in [5.74, 6) is -1.11. The van der Waals surface area contributed by atoms with Gasteiger partial charge in [-0.2, -0.15) is 15.4 Å². The highest BCUT2D eigenvalue weighted by atomic mass is 16.4. The number of hydrogen-bond donors (Lipinski definition) is 3. The van der Waals surface area contributed by atoms with Gasteiger partial charge in [0.2, 0.25) is 0 Å². The van der Waals surface area contributed by atoms with Crippen molar-refractivity contribution in [1.82, 2.24) is 25.6 Å². The molecule has 1 aliphatic carbocycles. The second-order valence-electron chi connectivity index (χ2n) is 5.85. The lowest BCUT2D eigenvalue weighted by molar-refractivity contribution is 0.0688. The van der Waals surface area contributed by atoms with Crippen molar-refractivity contribution < 1.29 is 9.90 Å². The molecule has 25 heavy (non-hydrogen) atoms. The minimum Gasteiger partial charge on any atom is -0.476 e. The van der Waals surface area contributed by atoms with E-state index in [0.29, 0.717) is 12.1 Å². The Morgan fingerprint density at radius 2 is 2.04 bits per heavy atom. The number of aromatic carboxylic acids is 1. The standard InChI is InChI=1S/C18H15N5O2/c24-17(25)15-16(22-23-21-15)18(14-10-19-20-11-14)8-6-13(7-9-18)12-4-2-1-3-5-12/h1-8,10-11H,9H2,(H,19,20)(H,24,25)(H,21,22,23). The van der Waals surface area contributed by atoms with Crippen LogP contribution in [0.25, 0.3) is 5.57 Å². The monoisotopic (exact) mass is 333 g/mol. The fraction of sp³-hybridized carbons (Fsp3) is 0.111. The van der Waals surface area contributed by atoms with Gasteiger partial charge in [0.05, 0.1) is 11.6 Å². The van der Waals surface area contributed by atoms with Crippen molar-refractivity contribution in [3.05, 3.63) is 83.5 Å². The molecule has 0 bridgehead atoms. The number of carbonyl (C=O) groups is 1. The van der Waals surface area contributed by atoms with Gasteiger partial charge >= 0.3 is 5.97 Å². The number of carboxylic acids is 1. The largest absolute Gasteiger partial charge is 0.476 e. The van der Waals surface area contributed by atoms with E-state index >= 15 is 0 Å². The molecule has 3 aromatic rings. The molecule has 0 spiro atoms. The number of nitrogens with one attached hydrogen (secondary N) is 2. The molecule has 124 valence electrons. The summed E-state index contributed by atoms with van der Waals surface area (Å²) in [7, 11) is 0. The van der Waals surface area contributed by atoms with Crippen molar-refractivity contribution in [2.24, 2.45) is 0 Å². The Morgan fingerprint density at radius 1 is 1.20 bits per heavy atom. The fourth-order valence-corrected chi connectivity index (χ4v) is 3.20. The van der Waals surface area contributed by atoms with Crippen LogP contribution in [0.3, 0.4) is 0 Å². The molecule has 0 saturated heterocycles. The Kier molecular flexibility index (Phi) is 3.53. The lowest BCUT2D eigenvalue weighted by Crippen LogP contribution is -2.29. The summed E-state index contributed by atoms with van der Waals surface area (Å²) in [5.41, 5.74) is 2.59. The topological polar surface area (TPSA) is 108 Å². The molecule has 4 rings (SSSR count). The summed E-state index contributed by atoms with van der Waals surface area (Å²) in [6.45, 7) is 0. The van der Waals surface area contributed by atoms with Crippen LogP contribution in [-0.2, 0) is 5.41 Å². The molecule has 1 aromatic carbocycles. The van der Waals surface area contributed by atoms with Gasteiger partial charge in [0.15, 0.2) is 5.69 Å². The third kappa shape index (κ3) is 2.46. The predicted octanol–water partition coefficient (Wildman–Crippen LogP) is 2.56. The van der Waals surface area contributed by atoms with Crippen LogP contribution in [0.2, 0.25) is 0 Å². The van der Waals surface area contributed by atoms with Crippen molar-refractivity contribution in [3.63, 3.8) is 0 Å². The maximum atomic E-state index is 11.5. The lowest BCUT2D eigenvalue weighted by Gasteiger charge is -2.30. The molecule has 2 aromatic heterocycles. The van der Waals surface area contributed by atoms with E-state index in [4.69, 9.17) is 0 Å². The average Bonchev–Trinajstić information content (AvgIpc) is 3.35. The molecular formula is C18H15N5O2. The van der Waals surface area contributed by atoms with Crippen molar-refractivity contribution in [2.75, 3.05) is 0 Å². The minimum atomic E-state index is -1.11. The van der Waals surface area contributed by atoms with Gasteiger partial charge in [0.1, 0.15) is 5.69 Å². The number of nitrogens with zero attached hydrogens (tertiary/aromatic N) is 3. The lowest BCUT2D eigenvalue weighted by atomic mass is 9.72. The quantitative estimate of drug-likeness (QED) is 0.680. The molecular weight excluding hydrogens is 318 g/mol. The molecule has 0 fully saturated rings. The molecule has 7 heteroatoms. The van der Waals surface area contributed by atoms with Crippen LogP contribution in [0.15, 0.2) is 61.0 Å². The van der Waals surface area contributed by atoms with E-state index in [1.54, 1.807) is 12.4 Å². The van der Waals surface area contributed by atoms with Gasteiger partial charge in [-0.25, -0.2) is 4.79 Å². The zero-order valence-corrected chi connectivity index (χ0v) is 13.2. The van der Waals surface area contributed by atoms with Gasteiger partial charge in [-0.05, 0) is 17.6 Å². The van der Waals surface area contributed by atoms with Crippen molar-refractivity contribution in [1.29, 1.82) is 0 Å². The van der Waals surface area contributed by atoms with Gasteiger partial charge in [0, 0.05) is 11.8 Å². The third-order valence-electron chi connectivity index (χ3n) is 4.48. The van der Waals surface area contributed by atoms with E-state index in [2.05, 4.69) is 31.7 Å². The highest BCUT2D eigenvalue weighted by Crippen LogP contribution is 2.41. The molecule has 0 amide bonds. The van der Waals surface area contributed by atoms with E-state index < -0.39 is 11.4 Å². The fourth-order valence-electron chi connectivity index (χ4n) is 3.20. The second-order valence-corrected chi connectivity index (χ2v) is 5.85. The maximum Gasteiger partial charge on any atom is 0.358 e. The number of benzene rings is 1. The van der Waals surface area contributed by atoms with E-state index in [1.807, 2.05) is 42.5 Å². The third-order valence-corrected chi connectivity index (χ3v) is 4.48. The second kappa shape index (κ2) is 5.86. The number of aromatic nitrogens is 5. The van der Waals surface area contributed by atoms with Crippen molar-refractivity contribution in [2.45, 2.75) is 11.8 Å². The number of H-pyrrole nitrogens is 2. The minimum absolute atomic E-state index is 0.0811. The zero-order valence-electron chi connectivity index (χ0n) is 13.2. The van der Waals surface area contributed by atoms with Gasteiger partial charge in [-0.15, -0.1) is 5.10 Å². The van der Waals surface area contributed by atoms with Crippen LogP contribution in [0.1, 0.15) is 33.7 Å². The van der Waals surface area contributed by atoms with Gasteiger partial charge < -0.3 is 5.11 Å². The molecule has 1 unspecified atom stereocenters. The Balaban J connectivity index is 1.81. The van der Waals surface area contributed by atoms with Gasteiger partial charge in [-0.3, -0.25) is 5.10 Å². The van der Waals surface area contributed by atoms with E-state index in [1.165, 1.54) is 0 Å². The first kappa shape index (κ1) is 15.1. The Labute approximate surface area is 143 Å². The maximum absolute atomic E-state index is 11.5. The van der Waals surface area contributed by atoms with Gasteiger partial charge in [0.25, 0.3) is 0 Å². The molecule has 7 nitrogen and oxygen atoms in total. The predicted molar refractivity (Wildman–Crippen MR) is 90.9 cm³/mol. The van der Waals surface area contributed by atoms with Gasteiger partial charge in [-0.1, -0.05) is 48.6 Å². The summed E-state index contributed by atoms with van der Waals surface area (Å²) >= 11 is 0. The highest BCUT2D eigenvalue weighted by molar-refractivity contribution is 5.87. The van der Waals surface area contributed by atoms with Crippen LogP contribution in [0.4, 0.5) is 0 Å². The molecule has 0 saturated carbocycles. The summed E-state index contributed by atoms with van der Waals surface area (Å²) < 4.78 is 0. The zero-order chi connectivity index (χ0) is 17.3. The molecule has 2 heterocycles. The SMILES string of the molecule is O=C(O)c1n[nH]nc1C1(c2cn[nH]c2)C=CC(c2ccccc2)=CC1. The molecule has 1 aliphatic rings. The molecule has 0 radical (unpaired) electrons. The van der Waals surface area contributed by atoms with E-state index in [9.17, 15) is 9.90 Å². The van der Waals surface area contributed by atoms with E-state index in [0.717, 1.165) is 16.7 Å². The first-order valence-corrected chi connectivity index (χ1v) is 7.79. The smallest absolute Gasteiger partial charge is 0.358 e. The number of rotatable bonds is 4. The highest BCUT2D eigenvalue weighted by Gasteiger charge is 2.40. The van der Waals surface area contributed by atoms with Crippen LogP contribution in [-0.4, -0.2) is 36.7 Å².